The number of nitrogen functional groups attached to an aromatic ring is 1. The van der Waals surface area contributed by atoms with Crippen molar-refractivity contribution in [1.82, 2.24) is 35.1 Å². The van der Waals surface area contributed by atoms with Crippen LogP contribution in [0, 0.1) is 11.3 Å². The largest absolute Gasteiger partial charge is 0.389 e. The molecule has 234 valence electrons. The van der Waals surface area contributed by atoms with Gasteiger partial charge in [0.1, 0.15) is 16.9 Å². The summed E-state index contributed by atoms with van der Waals surface area (Å²) in [5.41, 5.74) is 10.6. The Bertz CT molecular complexity index is 1860. The maximum atomic E-state index is 10.1. The topological polar surface area (TPSA) is 138 Å². The number of nitriles is 1. The van der Waals surface area contributed by atoms with Gasteiger partial charge in [-0.15, -0.1) is 11.3 Å². The van der Waals surface area contributed by atoms with E-state index in [9.17, 15) is 5.26 Å². The van der Waals surface area contributed by atoms with Gasteiger partial charge in [0, 0.05) is 41.7 Å². The third kappa shape index (κ3) is 4.06. The summed E-state index contributed by atoms with van der Waals surface area (Å²) in [6.45, 7) is 6.14. The summed E-state index contributed by atoms with van der Waals surface area (Å²) in [5, 5.41) is 25.2. The van der Waals surface area contributed by atoms with Crippen molar-refractivity contribution >= 4 is 33.2 Å². The first-order chi connectivity index (χ1) is 21.9. The van der Waals surface area contributed by atoms with Crippen LogP contribution in [0.25, 0.3) is 22.6 Å². The van der Waals surface area contributed by atoms with Gasteiger partial charge in [-0.3, -0.25) is 0 Å². The number of hydrogen-bond donors (Lipinski definition) is 2. The fourth-order valence-electron chi connectivity index (χ4n) is 9.10. The summed E-state index contributed by atoms with van der Waals surface area (Å²) in [6, 6.07) is 3.02. The minimum Gasteiger partial charge on any atom is -0.389 e. The number of likely N-dealkylation sites (N-methyl/N-ethyl adjacent to an activating group) is 1. The number of nitrogens with one attached hydrogen (secondary N) is 1. The molecule has 2 saturated heterocycles. The third-order valence-electron chi connectivity index (χ3n) is 11.6. The molecule has 9 rings (SSSR count). The van der Waals surface area contributed by atoms with Crippen molar-refractivity contribution in [2.45, 2.75) is 94.2 Å². The number of thiophene rings is 1. The van der Waals surface area contributed by atoms with Gasteiger partial charge in [-0.25, -0.2) is 14.6 Å². The summed E-state index contributed by atoms with van der Waals surface area (Å²) in [5.74, 6) is 2.44. The molecule has 4 aromatic rings. The molecule has 0 amide bonds. The summed E-state index contributed by atoms with van der Waals surface area (Å²) in [6.07, 6.45) is 12.4. The average molecular weight is 625 g/mol. The second kappa shape index (κ2) is 9.98. The zero-order valence-electron chi connectivity index (χ0n) is 26.1. The molecule has 3 atom stereocenters. The monoisotopic (exact) mass is 624 g/mol. The third-order valence-corrected chi connectivity index (χ3v) is 12.6. The molecule has 3 N–H and O–H groups in total. The van der Waals surface area contributed by atoms with Gasteiger partial charge in [0.25, 0.3) is 0 Å². The molecule has 0 radical (unpaired) electrons. The van der Waals surface area contributed by atoms with Crippen LogP contribution in [0.5, 0.6) is 0 Å². The summed E-state index contributed by atoms with van der Waals surface area (Å²) >= 11 is 1.57. The van der Waals surface area contributed by atoms with E-state index in [1.165, 1.54) is 24.1 Å². The number of anilines is 2. The molecule has 6 heterocycles. The van der Waals surface area contributed by atoms with Crippen LogP contribution in [0.4, 0.5) is 10.8 Å². The molecule has 12 heteroatoms. The SMILES string of the molecule is CC(C1CCCN1C)n1ncc2c(N3CCNC4(CC4)C3)nc(-c3noc4c3CCCC43CCCc4sc(N)c(C#N)c43)nc21. The van der Waals surface area contributed by atoms with Crippen LogP contribution in [0.2, 0.25) is 0 Å². The van der Waals surface area contributed by atoms with E-state index in [2.05, 4.69) is 39.8 Å². The number of likely N-dealkylation sites (tertiary alicyclic amines) is 1. The lowest BCUT2D eigenvalue weighted by Gasteiger charge is -2.39. The predicted molar refractivity (Wildman–Crippen MR) is 173 cm³/mol. The standard InChI is InChI=1S/C33H40N10OS/c1-19(23-7-5-14-41(23)2)43-31-22(17-37-43)30(42-15-13-36-32(18-42)11-12-32)38-29(39-31)26-20-6-3-9-33(27(20)44-40-26)10-4-8-24-25(33)21(16-34)28(35)45-24/h17,19,23,36H,3-15,18,35H2,1-2H3. The van der Waals surface area contributed by atoms with Crippen LogP contribution in [-0.4, -0.2) is 74.6 Å². The second-order valence-electron chi connectivity index (χ2n) is 14.1. The van der Waals surface area contributed by atoms with Gasteiger partial charge >= 0.3 is 0 Å². The first-order valence-corrected chi connectivity index (χ1v) is 17.5. The van der Waals surface area contributed by atoms with Crippen LogP contribution in [0.1, 0.15) is 91.7 Å². The van der Waals surface area contributed by atoms with Crippen LogP contribution >= 0.6 is 11.3 Å². The lowest BCUT2D eigenvalue weighted by atomic mass is 9.63. The van der Waals surface area contributed by atoms with Crippen LogP contribution in [0.15, 0.2) is 10.7 Å². The predicted octanol–water partition coefficient (Wildman–Crippen LogP) is 4.55. The Balaban J connectivity index is 1.20. The molecule has 2 aliphatic heterocycles. The van der Waals surface area contributed by atoms with E-state index in [-0.39, 0.29) is 17.0 Å². The van der Waals surface area contributed by atoms with Crippen LogP contribution in [0.3, 0.4) is 0 Å². The molecule has 3 fully saturated rings. The van der Waals surface area contributed by atoms with Gasteiger partial charge in [0.05, 0.1) is 28.6 Å². The fraction of sp³-hybridized carbons (Fsp3) is 0.606. The Morgan fingerprint density at radius 3 is 2.78 bits per heavy atom. The first-order valence-electron chi connectivity index (χ1n) is 16.7. The van der Waals surface area contributed by atoms with Gasteiger partial charge < -0.3 is 25.4 Å². The lowest BCUT2D eigenvalue weighted by Crippen LogP contribution is -2.52. The van der Waals surface area contributed by atoms with Crippen molar-refractivity contribution in [3.05, 3.63) is 33.5 Å². The van der Waals surface area contributed by atoms with Gasteiger partial charge in [0.2, 0.25) is 0 Å². The molecular weight excluding hydrogens is 584 g/mol. The second-order valence-corrected chi connectivity index (χ2v) is 15.3. The molecule has 3 unspecified atom stereocenters. The number of nitrogens with zero attached hydrogens (tertiary/aromatic N) is 8. The lowest BCUT2D eigenvalue weighted by molar-refractivity contribution is 0.232. The number of rotatable bonds is 4. The number of aromatic nitrogens is 5. The van der Waals surface area contributed by atoms with E-state index in [1.807, 2.05) is 6.20 Å². The Morgan fingerprint density at radius 1 is 1.16 bits per heavy atom. The van der Waals surface area contributed by atoms with Crippen LogP contribution in [-0.2, 0) is 18.3 Å². The maximum Gasteiger partial charge on any atom is 0.186 e. The van der Waals surface area contributed by atoms with E-state index in [0.29, 0.717) is 22.4 Å². The Labute approximate surface area is 266 Å². The van der Waals surface area contributed by atoms with Crippen molar-refractivity contribution in [2.24, 2.45) is 0 Å². The highest BCUT2D eigenvalue weighted by molar-refractivity contribution is 7.16. The summed E-state index contributed by atoms with van der Waals surface area (Å²) in [4.78, 5) is 16.7. The first kappa shape index (κ1) is 27.8. The molecule has 4 aromatic heterocycles. The highest BCUT2D eigenvalue weighted by atomic mass is 32.1. The molecule has 0 bridgehead atoms. The number of nitrogens with two attached hydrogens (primary N) is 1. The van der Waals surface area contributed by atoms with E-state index >= 15 is 0 Å². The molecule has 2 spiro atoms. The minimum absolute atomic E-state index is 0.173. The quantitative estimate of drug-likeness (QED) is 0.333. The average Bonchev–Trinajstić information content (AvgIpc) is 3.49. The van der Waals surface area contributed by atoms with Crippen molar-refractivity contribution in [1.29, 1.82) is 5.26 Å². The molecule has 1 saturated carbocycles. The van der Waals surface area contributed by atoms with E-state index < -0.39 is 0 Å². The van der Waals surface area contributed by atoms with Gasteiger partial charge in [-0.2, -0.15) is 10.4 Å². The maximum absolute atomic E-state index is 10.1. The van der Waals surface area contributed by atoms with Gasteiger partial charge in [0.15, 0.2) is 22.9 Å². The van der Waals surface area contributed by atoms with Crippen molar-refractivity contribution in [2.75, 3.05) is 43.9 Å². The zero-order valence-corrected chi connectivity index (χ0v) is 26.9. The van der Waals surface area contributed by atoms with E-state index in [4.69, 9.17) is 30.5 Å². The number of piperazine rings is 1. The molecule has 45 heavy (non-hydrogen) atoms. The molecular formula is C33H40N10OS. The highest BCUT2D eigenvalue weighted by Crippen LogP contribution is 2.55. The molecule has 0 aromatic carbocycles. The number of hydrogen-bond acceptors (Lipinski definition) is 11. The van der Waals surface area contributed by atoms with Crippen molar-refractivity contribution in [3.63, 3.8) is 0 Å². The summed E-state index contributed by atoms with van der Waals surface area (Å²) in [7, 11) is 2.22. The summed E-state index contributed by atoms with van der Waals surface area (Å²) < 4.78 is 8.49. The van der Waals surface area contributed by atoms with Crippen molar-refractivity contribution < 1.29 is 4.52 Å². The van der Waals surface area contributed by atoms with E-state index in [0.717, 1.165) is 111 Å². The fourth-order valence-corrected chi connectivity index (χ4v) is 10.3. The van der Waals surface area contributed by atoms with Gasteiger partial charge in [-0.1, -0.05) is 5.16 Å². The molecule has 11 nitrogen and oxygen atoms in total. The smallest absolute Gasteiger partial charge is 0.186 e. The minimum atomic E-state index is -0.376. The number of aryl methyl sites for hydroxylation is 1. The molecule has 3 aliphatic carbocycles. The Hall–Kier alpha value is -3.53. The zero-order chi connectivity index (χ0) is 30.5. The molecule has 5 aliphatic rings. The van der Waals surface area contributed by atoms with Gasteiger partial charge in [-0.05, 0) is 90.3 Å². The number of fused-ring (bicyclic) bond motifs is 5. The van der Waals surface area contributed by atoms with E-state index in [1.54, 1.807) is 11.3 Å². The highest BCUT2D eigenvalue weighted by Gasteiger charge is 2.49. The normalized spacial score (nSPS) is 26.3. The van der Waals surface area contributed by atoms with Crippen molar-refractivity contribution in [3.8, 4) is 17.6 Å². The Morgan fingerprint density at radius 2 is 2.00 bits per heavy atom. The Kier molecular flexibility index (Phi) is 6.16. The van der Waals surface area contributed by atoms with Crippen LogP contribution < -0.4 is 16.0 Å².